The molecule has 0 unspecified atom stereocenters. The van der Waals surface area contributed by atoms with E-state index >= 15 is 0 Å². The lowest BCUT2D eigenvalue weighted by molar-refractivity contribution is 0.0827. The molecular formula is C18H15BrClN3O2. The molecule has 2 aromatic carbocycles. The van der Waals surface area contributed by atoms with Crippen LogP contribution in [-0.2, 0) is 0 Å². The van der Waals surface area contributed by atoms with Crippen molar-refractivity contribution in [2.75, 3.05) is 19.4 Å². The number of aromatic amines is 1. The molecule has 25 heavy (non-hydrogen) atoms. The second-order valence-corrected chi connectivity index (χ2v) is 7.09. The molecule has 0 radical (unpaired) electrons. The highest BCUT2D eigenvalue weighted by atomic mass is 79.9. The van der Waals surface area contributed by atoms with Gasteiger partial charge in [0.25, 0.3) is 11.8 Å². The molecule has 0 saturated carbocycles. The number of anilines is 1. The summed E-state index contributed by atoms with van der Waals surface area (Å²) >= 11 is 9.49. The van der Waals surface area contributed by atoms with Gasteiger partial charge in [-0.2, -0.15) is 0 Å². The van der Waals surface area contributed by atoms with Gasteiger partial charge in [0, 0.05) is 35.2 Å². The standard InChI is InChI=1S/C18H15BrClN3O2/c1-23(2)18(25)13-9-12(5-6-14(13)20)21-17(24)16-7-10-3-4-11(19)8-15(10)22-16/h3-9,22H,1-2H3,(H,21,24). The predicted molar refractivity (Wildman–Crippen MR) is 103 cm³/mol. The molecule has 2 amide bonds. The zero-order valence-corrected chi connectivity index (χ0v) is 15.9. The molecule has 0 aliphatic rings. The molecule has 0 aliphatic carbocycles. The van der Waals surface area contributed by atoms with Crippen LogP contribution in [0.2, 0.25) is 5.02 Å². The van der Waals surface area contributed by atoms with E-state index in [4.69, 9.17) is 11.6 Å². The van der Waals surface area contributed by atoms with Crippen molar-refractivity contribution in [3.8, 4) is 0 Å². The van der Waals surface area contributed by atoms with Crippen LogP contribution in [0, 0.1) is 0 Å². The smallest absolute Gasteiger partial charge is 0.272 e. The van der Waals surface area contributed by atoms with Crippen molar-refractivity contribution < 1.29 is 9.59 Å². The summed E-state index contributed by atoms with van der Waals surface area (Å²) in [5.74, 6) is -0.519. The van der Waals surface area contributed by atoms with Crippen molar-refractivity contribution in [2.45, 2.75) is 0 Å². The van der Waals surface area contributed by atoms with Crippen LogP contribution in [0.5, 0.6) is 0 Å². The molecule has 0 fully saturated rings. The first-order valence-corrected chi connectivity index (χ1v) is 8.63. The van der Waals surface area contributed by atoms with Gasteiger partial charge in [-0.25, -0.2) is 0 Å². The number of nitrogens with one attached hydrogen (secondary N) is 2. The Hall–Kier alpha value is -2.31. The second kappa shape index (κ2) is 6.90. The van der Waals surface area contributed by atoms with Crippen molar-refractivity contribution in [3.05, 3.63) is 63.2 Å². The monoisotopic (exact) mass is 419 g/mol. The quantitative estimate of drug-likeness (QED) is 0.653. The van der Waals surface area contributed by atoms with Crippen LogP contribution < -0.4 is 5.32 Å². The minimum atomic E-state index is -0.294. The summed E-state index contributed by atoms with van der Waals surface area (Å²) in [5.41, 5.74) is 2.13. The molecule has 2 N–H and O–H groups in total. The van der Waals surface area contributed by atoms with E-state index in [0.29, 0.717) is 22.0 Å². The Labute approximate surface area is 158 Å². The first kappa shape index (κ1) is 17.5. The Balaban J connectivity index is 1.87. The number of rotatable bonds is 3. The van der Waals surface area contributed by atoms with E-state index in [0.717, 1.165) is 15.4 Å². The van der Waals surface area contributed by atoms with Crippen LogP contribution in [0.15, 0.2) is 46.9 Å². The van der Waals surface area contributed by atoms with Gasteiger partial charge < -0.3 is 15.2 Å². The fraction of sp³-hybridized carbons (Fsp3) is 0.111. The summed E-state index contributed by atoms with van der Waals surface area (Å²) in [5, 5.41) is 4.06. The third kappa shape index (κ3) is 3.70. The Morgan fingerprint density at radius 2 is 1.88 bits per heavy atom. The summed E-state index contributed by atoms with van der Waals surface area (Å²) in [6, 6.07) is 12.3. The Kier molecular flexibility index (Phi) is 4.83. The molecule has 128 valence electrons. The minimum Gasteiger partial charge on any atom is -0.350 e. The maximum absolute atomic E-state index is 12.5. The largest absolute Gasteiger partial charge is 0.350 e. The number of nitrogens with zero attached hydrogens (tertiary/aromatic N) is 1. The number of H-pyrrole nitrogens is 1. The Morgan fingerprint density at radius 1 is 1.12 bits per heavy atom. The first-order chi connectivity index (χ1) is 11.8. The fourth-order valence-electron chi connectivity index (χ4n) is 2.43. The van der Waals surface area contributed by atoms with Gasteiger partial charge in [0.1, 0.15) is 5.69 Å². The van der Waals surface area contributed by atoms with Crippen molar-refractivity contribution in [1.82, 2.24) is 9.88 Å². The zero-order chi connectivity index (χ0) is 18.1. The van der Waals surface area contributed by atoms with Crippen molar-refractivity contribution in [3.63, 3.8) is 0 Å². The molecule has 3 aromatic rings. The molecule has 0 saturated heterocycles. The second-order valence-electron chi connectivity index (χ2n) is 5.76. The molecule has 0 aliphatic heterocycles. The number of benzene rings is 2. The third-order valence-corrected chi connectivity index (χ3v) is 4.51. The summed E-state index contributed by atoms with van der Waals surface area (Å²) < 4.78 is 0.929. The first-order valence-electron chi connectivity index (χ1n) is 7.46. The highest BCUT2D eigenvalue weighted by molar-refractivity contribution is 9.10. The van der Waals surface area contributed by atoms with E-state index in [9.17, 15) is 9.59 Å². The highest BCUT2D eigenvalue weighted by Crippen LogP contribution is 2.24. The van der Waals surface area contributed by atoms with Gasteiger partial charge in [-0.05, 0) is 36.4 Å². The van der Waals surface area contributed by atoms with Gasteiger partial charge in [0.2, 0.25) is 0 Å². The van der Waals surface area contributed by atoms with E-state index in [1.165, 1.54) is 4.90 Å². The summed E-state index contributed by atoms with van der Waals surface area (Å²) in [6.07, 6.45) is 0. The number of hydrogen-bond donors (Lipinski definition) is 2. The number of aromatic nitrogens is 1. The zero-order valence-electron chi connectivity index (χ0n) is 13.6. The predicted octanol–water partition coefficient (Wildman–Crippen LogP) is 4.54. The van der Waals surface area contributed by atoms with Gasteiger partial charge in [-0.1, -0.05) is 33.6 Å². The molecular weight excluding hydrogens is 406 g/mol. The van der Waals surface area contributed by atoms with Crippen LogP contribution in [0.1, 0.15) is 20.8 Å². The molecule has 0 atom stereocenters. The number of halogens is 2. The fourth-order valence-corrected chi connectivity index (χ4v) is 2.99. The molecule has 1 aromatic heterocycles. The lowest BCUT2D eigenvalue weighted by Crippen LogP contribution is -2.22. The molecule has 7 heteroatoms. The summed E-state index contributed by atoms with van der Waals surface area (Å²) in [6.45, 7) is 0. The topological polar surface area (TPSA) is 65.2 Å². The van der Waals surface area contributed by atoms with Gasteiger partial charge in [0.05, 0.1) is 10.6 Å². The van der Waals surface area contributed by atoms with Gasteiger partial charge in [-0.3, -0.25) is 9.59 Å². The van der Waals surface area contributed by atoms with Crippen LogP contribution in [0.4, 0.5) is 5.69 Å². The van der Waals surface area contributed by atoms with E-state index in [2.05, 4.69) is 26.2 Å². The average molecular weight is 421 g/mol. The van der Waals surface area contributed by atoms with Crippen LogP contribution in [-0.4, -0.2) is 35.8 Å². The number of fused-ring (bicyclic) bond motifs is 1. The molecule has 0 spiro atoms. The number of carbonyl (C=O) groups excluding carboxylic acids is 2. The van der Waals surface area contributed by atoms with Crippen LogP contribution in [0.3, 0.4) is 0 Å². The maximum Gasteiger partial charge on any atom is 0.272 e. The van der Waals surface area contributed by atoms with Gasteiger partial charge in [-0.15, -0.1) is 0 Å². The number of amides is 2. The van der Waals surface area contributed by atoms with Gasteiger partial charge >= 0.3 is 0 Å². The SMILES string of the molecule is CN(C)C(=O)c1cc(NC(=O)c2cc3ccc(Br)cc3[nH]2)ccc1Cl. The normalized spacial score (nSPS) is 10.7. The number of hydrogen-bond acceptors (Lipinski definition) is 2. The average Bonchev–Trinajstić information content (AvgIpc) is 2.99. The van der Waals surface area contributed by atoms with Crippen LogP contribution in [0.25, 0.3) is 10.9 Å². The maximum atomic E-state index is 12.5. The molecule has 3 rings (SSSR count). The molecule has 5 nitrogen and oxygen atoms in total. The van der Waals surface area contributed by atoms with Crippen molar-refractivity contribution >= 4 is 55.9 Å². The molecule has 0 bridgehead atoms. The van der Waals surface area contributed by atoms with Crippen molar-refractivity contribution in [1.29, 1.82) is 0 Å². The molecule has 1 heterocycles. The lowest BCUT2D eigenvalue weighted by Gasteiger charge is -2.13. The lowest BCUT2D eigenvalue weighted by atomic mass is 10.1. The van der Waals surface area contributed by atoms with Gasteiger partial charge in [0.15, 0.2) is 0 Å². The van der Waals surface area contributed by atoms with E-state index < -0.39 is 0 Å². The highest BCUT2D eigenvalue weighted by Gasteiger charge is 2.15. The van der Waals surface area contributed by atoms with E-state index in [1.54, 1.807) is 38.4 Å². The number of carbonyl (C=O) groups is 2. The minimum absolute atomic E-state index is 0.225. The third-order valence-electron chi connectivity index (χ3n) is 3.69. The Morgan fingerprint density at radius 3 is 2.60 bits per heavy atom. The van der Waals surface area contributed by atoms with E-state index in [1.807, 2.05) is 18.2 Å². The summed E-state index contributed by atoms with van der Waals surface area (Å²) in [7, 11) is 3.29. The Bertz CT molecular complexity index is 982. The summed E-state index contributed by atoms with van der Waals surface area (Å²) in [4.78, 5) is 29.1. The van der Waals surface area contributed by atoms with Crippen LogP contribution >= 0.6 is 27.5 Å². The van der Waals surface area contributed by atoms with Crippen molar-refractivity contribution in [2.24, 2.45) is 0 Å². The van der Waals surface area contributed by atoms with E-state index in [-0.39, 0.29) is 11.8 Å².